The molecule has 2 amide bonds. The van der Waals surface area contributed by atoms with E-state index in [1.54, 1.807) is 36.4 Å². The first-order valence-electron chi connectivity index (χ1n) is 8.41. The van der Waals surface area contributed by atoms with Gasteiger partial charge in [-0.1, -0.05) is 24.3 Å². The van der Waals surface area contributed by atoms with Crippen LogP contribution in [0.15, 0.2) is 58.9 Å². The number of benzene rings is 2. The average Bonchev–Trinajstić information content (AvgIpc) is 3.10. The SMILES string of the molecule is CC1=NC(=O)NC(c2cccc(O)c2)C1c1nc(-c2cccc(O)c2)cs1. The van der Waals surface area contributed by atoms with Gasteiger partial charge in [0, 0.05) is 16.7 Å². The van der Waals surface area contributed by atoms with Crippen LogP contribution in [0.4, 0.5) is 4.79 Å². The van der Waals surface area contributed by atoms with Crippen LogP contribution in [0.2, 0.25) is 0 Å². The Morgan fingerprint density at radius 3 is 2.56 bits per heavy atom. The molecule has 3 aromatic rings. The van der Waals surface area contributed by atoms with E-state index < -0.39 is 6.03 Å². The first-order valence-corrected chi connectivity index (χ1v) is 9.28. The molecule has 0 radical (unpaired) electrons. The van der Waals surface area contributed by atoms with Gasteiger partial charge in [0.1, 0.15) is 16.5 Å². The van der Waals surface area contributed by atoms with Gasteiger partial charge in [-0.05, 0) is 36.8 Å². The molecule has 27 heavy (non-hydrogen) atoms. The molecule has 2 heterocycles. The summed E-state index contributed by atoms with van der Waals surface area (Å²) in [7, 11) is 0. The van der Waals surface area contributed by atoms with E-state index in [0.717, 1.165) is 21.8 Å². The fourth-order valence-corrected chi connectivity index (χ4v) is 4.29. The summed E-state index contributed by atoms with van der Waals surface area (Å²) in [6.45, 7) is 1.81. The van der Waals surface area contributed by atoms with Crippen LogP contribution in [0, 0.1) is 0 Å². The fourth-order valence-electron chi connectivity index (χ4n) is 3.26. The van der Waals surface area contributed by atoms with Gasteiger partial charge in [-0.25, -0.2) is 14.8 Å². The highest BCUT2D eigenvalue weighted by atomic mass is 32.1. The van der Waals surface area contributed by atoms with E-state index in [1.165, 1.54) is 11.3 Å². The third-order valence-corrected chi connectivity index (χ3v) is 5.43. The van der Waals surface area contributed by atoms with Gasteiger partial charge in [-0.2, -0.15) is 0 Å². The number of nitrogens with zero attached hydrogens (tertiary/aromatic N) is 2. The van der Waals surface area contributed by atoms with Crippen molar-refractivity contribution in [2.45, 2.75) is 18.9 Å². The van der Waals surface area contributed by atoms with E-state index in [0.29, 0.717) is 5.71 Å². The number of aromatic nitrogens is 1. The summed E-state index contributed by atoms with van der Waals surface area (Å²) in [5, 5.41) is 25.2. The minimum atomic E-state index is -0.401. The lowest BCUT2D eigenvalue weighted by molar-refractivity contribution is 0.243. The predicted molar refractivity (Wildman–Crippen MR) is 104 cm³/mol. The summed E-state index contributed by atoms with van der Waals surface area (Å²) in [6, 6.07) is 13.0. The first-order chi connectivity index (χ1) is 13.0. The minimum absolute atomic E-state index is 0.139. The molecule has 136 valence electrons. The Hall–Kier alpha value is -3.19. The molecule has 7 heteroatoms. The van der Waals surface area contributed by atoms with Gasteiger partial charge in [0.05, 0.1) is 17.7 Å². The Labute approximate surface area is 159 Å². The quantitative estimate of drug-likeness (QED) is 0.635. The van der Waals surface area contributed by atoms with Crippen LogP contribution in [-0.4, -0.2) is 26.9 Å². The number of hydrogen-bond acceptors (Lipinski definition) is 5. The van der Waals surface area contributed by atoms with Gasteiger partial charge in [-0.15, -0.1) is 11.3 Å². The second-order valence-electron chi connectivity index (χ2n) is 6.37. The minimum Gasteiger partial charge on any atom is -0.508 e. The van der Waals surface area contributed by atoms with E-state index in [4.69, 9.17) is 4.98 Å². The van der Waals surface area contributed by atoms with Crippen LogP contribution >= 0.6 is 11.3 Å². The molecule has 0 fully saturated rings. The van der Waals surface area contributed by atoms with Crippen LogP contribution in [0.5, 0.6) is 11.5 Å². The van der Waals surface area contributed by atoms with Gasteiger partial charge >= 0.3 is 6.03 Å². The van der Waals surface area contributed by atoms with Crippen LogP contribution in [0.1, 0.15) is 29.5 Å². The first kappa shape index (κ1) is 17.2. The number of carbonyl (C=O) groups excluding carboxylic acids is 1. The number of thiazole rings is 1. The molecule has 3 N–H and O–H groups in total. The molecule has 0 saturated carbocycles. The van der Waals surface area contributed by atoms with Gasteiger partial charge in [0.25, 0.3) is 0 Å². The molecule has 6 nitrogen and oxygen atoms in total. The topological polar surface area (TPSA) is 94.8 Å². The lowest BCUT2D eigenvalue weighted by Crippen LogP contribution is -2.38. The van der Waals surface area contributed by atoms with E-state index in [9.17, 15) is 15.0 Å². The summed E-state index contributed by atoms with van der Waals surface area (Å²) in [5.41, 5.74) is 3.03. The maximum Gasteiger partial charge on any atom is 0.341 e. The molecule has 0 aliphatic carbocycles. The zero-order chi connectivity index (χ0) is 19.0. The maximum atomic E-state index is 12.0. The Bertz CT molecular complexity index is 1040. The third-order valence-electron chi connectivity index (χ3n) is 4.50. The number of rotatable bonds is 3. The number of amides is 2. The van der Waals surface area contributed by atoms with Gasteiger partial charge in [0.15, 0.2) is 0 Å². The molecular formula is C20H17N3O3S. The highest BCUT2D eigenvalue weighted by molar-refractivity contribution is 7.10. The number of phenols is 2. The van der Waals surface area contributed by atoms with Crippen LogP contribution in [0.25, 0.3) is 11.3 Å². The molecule has 1 aromatic heterocycles. The summed E-state index contributed by atoms with van der Waals surface area (Å²) in [5.74, 6) is 0.0863. The van der Waals surface area contributed by atoms with Crippen LogP contribution in [-0.2, 0) is 0 Å². The van der Waals surface area contributed by atoms with E-state index in [2.05, 4.69) is 10.3 Å². The molecular weight excluding hydrogens is 362 g/mol. The Balaban J connectivity index is 1.75. The number of aromatic hydroxyl groups is 2. The van der Waals surface area contributed by atoms with E-state index in [1.807, 2.05) is 24.4 Å². The zero-order valence-electron chi connectivity index (χ0n) is 14.5. The smallest absolute Gasteiger partial charge is 0.341 e. The summed E-state index contributed by atoms with van der Waals surface area (Å²) < 4.78 is 0. The Morgan fingerprint density at radius 1 is 1.07 bits per heavy atom. The molecule has 2 atom stereocenters. The largest absolute Gasteiger partial charge is 0.508 e. The lowest BCUT2D eigenvalue weighted by atomic mass is 9.88. The number of nitrogens with one attached hydrogen (secondary N) is 1. The van der Waals surface area contributed by atoms with Crippen molar-refractivity contribution in [3.63, 3.8) is 0 Å². The normalized spacial score (nSPS) is 19.4. The Morgan fingerprint density at radius 2 is 1.81 bits per heavy atom. The van der Waals surface area contributed by atoms with Crippen molar-refractivity contribution >= 4 is 23.1 Å². The highest BCUT2D eigenvalue weighted by Gasteiger charge is 2.35. The average molecular weight is 379 g/mol. The monoisotopic (exact) mass is 379 g/mol. The van der Waals surface area contributed by atoms with Crippen LogP contribution < -0.4 is 5.32 Å². The third kappa shape index (κ3) is 3.41. The molecule has 1 aliphatic heterocycles. The highest BCUT2D eigenvalue weighted by Crippen LogP contribution is 2.38. The summed E-state index contributed by atoms with van der Waals surface area (Å²) in [6.07, 6.45) is 0. The molecule has 4 rings (SSSR count). The van der Waals surface area contributed by atoms with Crippen molar-refractivity contribution in [2.24, 2.45) is 4.99 Å². The van der Waals surface area contributed by atoms with Crippen molar-refractivity contribution in [3.05, 3.63) is 64.5 Å². The van der Waals surface area contributed by atoms with Crippen molar-refractivity contribution in [1.29, 1.82) is 0 Å². The lowest BCUT2D eigenvalue weighted by Gasteiger charge is -2.30. The van der Waals surface area contributed by atoms with Gasteiger partial charge in [0.2, 0.25) is 0 Å². The number of aliphatic imine (C=N–C) groups is 1. The zero-order valence-corrected chi connectivity index (χ0v) is 15.3. The van der Waals surface area contributed by atoms with Crippen molar-refractivity contribution in [1.82, 2.24) is 10.3 Å². The second kappa shape index (κ2) is 6.85. The number of urea groups is 1. The summed E-state index contributed by atoms with van der Waals surface area (Å²) in [4.78, 5) is 20.8. The fraction of sp³-hybridized carbons (Fsp3) is 0.150. The predicted octanol–water partition coefficient (Wildman–Crippen LogP) is 4.23. The second-order valence-corrected chi connectivity index (χ2v) is 7.26. The molecule has 2 aromatic carbocycles. The maximum absolute atomic E-state index is 12.0. The Kier molecular flexibility index (Phi) is 4.37. The standard InChI is InChI=1S/C20H17N3O3S/c1-11-17(18(23-20(26)21-11)13-5-3-7-15(25)9-13)19-22-16(10-27-19)12-4-2-6-14(24)8-12/h2-10,17-18,24-25H,1H3,(H,23,26). The molecule has 0 bridgehead atoms. The number of carbonyl (C=O) groups is 1. The molecule has 1 aliphatic rings. The van der Waals surface area contributed by atoms with E-state index in [-0.39, 0.29) is 23.5 Å². The van der Waals surface area contributed by atoms with Crippen LogP contribution in [0.3, 0.4) is 0 Å². The van der Waals surface area contributed by atoms with E-state index >= 15 is 0 Å². The molecule has 0 saturated heterocycles. The van der Waals surface area contributed by atoms with Crippen molar-refractivity contribution < 1.29 is 15.0 Å². The number of phenolic OH excluding ortho intramolecular Hbond substituents is 2. The number of hydrogen-bond donors (Lipinski definition) is 3. The molecule has 2 unspecified atom stereocenters. The summed E-state index contributed by atoms with van der Waals surface area (Å²) >= 11 is 1.48. The van der Waals surface area contributed by atoms with Crippen molar-refractivity contribution in [3.8, 4) is 22.8 Å². The van der Waals surface area contributed by atoms with Gasteiger partial charge < -0.3 is 15.5 Å². The van der Waals surface area contributed by atoms with Gasteiger partial charge in [-0.3, -0.25) is 0 Å². The van der Waals surface area contributed by atoms with Crippen molar-refractivity contribution in [2.75, 3.05) is 0 Å². The molecule has 0 spiro atoms.